The number of hydrogen-bond donors (Lipinski definition) is 0. The van der Waals surface area contributed by atoms with Crippen molar-refractivity contribution in [3.63, 3.8) is 0 Å². The second-order valence-electron chi connectivity index (χ2n) is 8.46. The van der Waals surface area contributed by atoms with Crippen LogP contribution in [-0.4, -0.2) is 57.7 Å². The van der Waals surface area contributed by atoms with E-state index in [0.717, 1.165) is 50.9 Å². The highest BCUT2D eigenvalue weighted by atomic mass is 32.2. The lowest BCUT2D eigenvalue weighted by Crippen LogP contribution is -2.31. The number of rotatable bonds is 6. The highest BCUT2D eigenvalue weighted by Gasteiger charge is 2.24. The Labute approximate surface area is 190 Å². The van der Waals surface area contributed by atoms with Crippen molar-refractivity contribution in [2.75, 3.05) is 32.1 Å². The number of nitroso groups, excluding NO2 is 1. The molecular weight excluding hydrogens is 422 g/mol. The minimum Gasteiger partial charge on any atom is -0.369 e. The van der Waals surface area contributed by atoms with Crippen LogP contribution in [0.4, 0.5) is 5.69 Å². The van der Waals surface area contributed by atoms with Crippen LogP contribution >= 0.6 is 11.8 Å². The van der Waals surface area contributed by atoms with Gasteiger partial charge >= 0.3 is 0 Å². The number of fused-ring (bicyclic) bond motifs is 2. The highest BCUT2D eigenvalue weighted by Crippen LogP contribution is 2.31. The first kappa shape index (κ1) is 20.8. The Morgan fingerprint density at radius 3 is 2.84 bits per heavy atom. The van der Waals surface area contributed by atoms with Crippen LogP contribution in [0.1, 0.15) is 24.9 Å². The Balaban J connectivity index is 1.43. The minimum absolute atomic E-state index is 0.414. The Hall–Kier alpha value is -3.04. The molecule has 1 aliphatic heterocycles. The fourth-order valence-electron chi connectivity index (χ4n) is 4.10. The number of hydrogen-bond acceptors (Lipinski definition) is 8. The van der Waals surface area contributed by atoms with Crippen molar-refractivity contribution in [3.8, 4) is 0 Å². The summed E-state index contributed by atoms with van der Waals surface area (Å²) in [6.45, 7) is 3.85. The zero-order valence-corrected chi connectivity index (χ0v) is 19.2. The number of pyridine rings is 2. The van der Waals surface area contributed by atoms with Gasteiger partial charge in [0, 0.05) is 35.6 Å². The predicted molar refractivity (Wildman–Crippen MR) is 127 cm³/mol. The molecule has 0 bridgehead atoms. The molecule has 4 aromatic rings. The van der Waals surface area contributed by atoms with Crippen LogP contribution in [0.3, 0.4) is 0 Å². The van der Waals surface area contributed by atoms with Crippen LogP contribution in [0.5, 0.6) is 0 Å². The molecule has 4 heterocycles. The van der Waals surface area contributed by atoms with Crippen LogP contribution in [0.2, 0.25) is 0 Å². The van der Waals surface area contributed by atoms with E-state index in [9.17, 15) is 4.91 Å². The van der Waals surface area contributed by atoms with Crippen LogP contribution in [0.15, 0.2) is 64.0 Å². The standard InChI is InChI=1S/C23H25N7OS/c1-15(27-31)16-4-7-22-25-26-23(30(22)13-16)32-20-5-6-21-17(11-20)10-19(12-24-21)29-9-8-18(14-29)28(2)3/h4-7,10-13,15,18H,8-9,14H2,1-3H3/t15?,18-/m0/s1. The van der Waals surface area contributed by atoms with Gasteiger partial charge in [-0.25, -0.2) is 0 Å². The molecule has 8 nitrogen and oxygen atoms in total. The number of likely N-dealkylation sites (N-methyl/N-ethyl adjacent to an activating group) is 1. The smallest absolute Gasteiger partial charge is 0.200 e. The molecule has 32 heavy (non-hydrogen) atoms. The van der Waals surface area contributed by atoms with Crippen LogP contribution in [-0.2, 0) is 0 Å². The normalized spacial score (nSPS) is 17.5. The topological polar surface area (TPSA) is 79.0 Å². The molecule has 164 valence electrons. The van der Waals surface area contributed by atoms with Gasteiger partial charge in [0.1, 0.15) is 6.04 Å². The van der Waals surface area contributed by atoms with Crippen LogP contribution in [0.25, 0.3) is 16.6 Å². The van der Waals surface area contributed by atoms with E-state index >= 15 is 0 Å². The van der Waals surface area contributed by atoms with Gasteiger partial charge in [0.25, 0.3) is 0 Å². The van der Waals surface area contributed by atoms with Crippen LogP contribution in [0, 0.1) is 4.91 Å². The second kappa shape index (κ2) is 8.48. The number of benzene rings is 1. The molecule has 0 N–H and O–H groups in total. The fraction of sp³-hybridized carbons (Fsp3) is 0.348. The van der Waals surface area contributed by atoms with E-state index in [1.807, 2.05) is 35.0 Å². The SMILES string of the molecule is CC(N=O)c1ccc2nnc(Sc3ccc4ncc(N5CC[C@H](N(C)C)C5)cc4c3)n2c1. The zero-order valence-electron chi connectivity index (χ0n) is 18.3. The van der Waals surface area contributed by atoms with Gasteiger partial charge in [-0.1, -0.05) is 11.2 Å². The van der Waals surface area contributed by atoms with Crippen molar-refractivity contribution in [2.45, 2.75) is 35.5 Å². The summed E-state index contributed by atoms with van der Waals surface area (Å²) in [4.78, 5) is 21.4. The van der Waals surface area contributed by atoms with Crippen molar-refractivity contribution >= 4 is 34.0 Å². The molecule has 9 heteroatoms. The van der Waals surface area contributed by atoms with Crippen molar-refractivity contribution in [1.82, 2.24) is 24.5 Å². The summed E-state index contributed by atoms with van der Waals surface area (Å²) >= 11 is 1.54. The molecule has 3 aromatic heterocycles. The van der Waals surface area contributed by atoms with Gasteiger partial charge in [-0.15, -0.1) is 10.2 Å². The van der Waals surface area contributed by atoms with Gasteiger partial charge < -0.3 is 9.80 Å². The Morgan fingerprint density at radius 2 is 2.06 bits per heavy atom. The fourth-order valence-corrected chi connectivity index (χ4v) is 4.96. The van der Waals surface area contributed by atoms with E-state index in [1.165, 1.54) is 6.42 Å². The third-order valence-corrected chi connectivity index (χ3v) is 7.09. The van der Waals surface area contributed by atoms with Crippen molar-refractivity contribution in [1.29, 1.82) is 0 Å². The molecule has 0 aliphatic carbocycles. The summed E-state index contributed by atoms with van der Waals surface area (Å²) < 4.78 is 1.91. The first-order valence-corrected chi connectivity index (χ1v) is 11.5. The molecule has 0 saturated carbocycles. The maximum absolute atomic E-state index is 10.9. The quantitative estimate of drug-likeness (QED) is 0.405. The maximum Gasteiger partial charge on any atom is 0.200 e. The molecule has 1 aromatic carbocycles. The molecule has 0 radical (unpaired) electrons. The summed E-state index contributed by atoms with van der Waals surface area (Å²) in [7, 11) is 4.28. The molecule has 0 amide bonds. The summed E-state index contributed by atoms with van der Waals surface area (Å²) in [6, 6.07) is 12.4. The summed E-state index contributed by atoms with van der Waals surface area (Å²) in [5.74, 6) is 0. The average Bonchev–Trinajstić information content (AvgIpc) is 3.46. The molecule has 5 rings (SSSR count). The van der Waals surface area contributed by atoms with Gasteiger partial charge in [0.05, 0.1) is 17.4 Å². The maximum atomic E-state index is 10.9. The third kappa shape index (κ3) is 3.93. The van der Waals surface area contributed by atoms with Crippen molar-refractivity contribution in [3.05, 3.63) is 59.3 Å². The zero-order chi connectivity index (χ0) is 22.2. The third-order valence-electron chi connectivity index (χ3n) is 6.14. The lowest BCUT2D eigenvalue weighted by Gasteiger charge is -2.21. The van der Waals surface area contributed by atoms with E-state index in [1.54, 1.807) is 18.7 Å². The van der Waals surface area contributed by atoms with Crippen molar-refractivity contribution < 1.29 is 0 Å². The first-order chi connectivity index (χ1) is 15.5. The summed E-state index contributed by atoms with van der Waals surface area (Å²) in [5.41, 5.74) is 3.71. The minimum atomic E-state index is -0.414. The molecule has 1 fully saturated rings. The molecular formula is C23H25N7OS. The molecule has 1 saturated heterocycles. The number of anilines is 1. The van der Waals surface area contributed by atoms with E-state index in [0.29, 0.717) is 6.04 Å². The lowest BCUT2D eigenvalue weighted by molar-refractivity contribution is 0.315. The summed E-state index contributed by atoms with van der Waals surface area (Å²) in [5, 5.41) is 13.6. The average molecular weight is 448 g/mol. The van der Waals surface area contributed by atoms with E-state index in [-0.39, 0.29) is 0 Å². The van der Waals surface area contributed by atoms with E-state index in [4.69, 9.17) is 0 Å². The number of aromatic nitrogens is 4. The van der Waals surface area contributed by atoms with E-state index < -0.39 is 6.04 Å². The monoisotopic (exact) mass is 447 g/mol. The predicted octanol–water partition coefficient (Wildman–Crippen LogP) is 4.40. The van der Waals surface area contributed by atoms with Gasteiger partial charge in [-0.2, -0.15) is 4.91 Å². The molecule has 0 spiro atoms. The summed E-state index contributed by atoms with van der Waals surface area (Å²) in [6.07, 6.45) is 5.03. The Bertz CT molecular complexity index is 1290. The first-order valence-electron chi connectivity index (χ1n) is 10.7. The largest absolute Gasteiger partial charge is 0.369 e. The highest BCUT2D eigenvalue weighted by molar-refractivity contribution is 7.99. The lowest BCUT2D eigenvalue weighted by atomic mass is 10.1. The van der Waals surface area contributed by atoms with E-state index in [2.05, 4.69) is 62.5 Å². The molecule has 1 aliphatic rings. The second-order valence-corrected chi connectivity index (χ2v) is 9.50. The van der Waals surface area contributed by atoms with Gasteiger partial charge in [0.2, 0.25) is 0 Å². The van der Waals surface area contributed by atoms with Crippen molar-refractivity contribution in [2.24, 2.45) is 5.18 Å². The van der Waals surface area contributed by atoms with Gasteiger partial charge in [0.15, 0.2) is 10.8 Å². The Kier molecular flexibility index (Phi) is 5.52. The Morgan fingerprint density at radius 1 is 1.19 bits per heavy atom. The molecule has 1 unspecified atom stereocenters. The number of nitrogens with zero attached hydrogens (tertiary/aromatic N) is 7. The van der Waals surface area contributed by atoms with Gasteiger partial charge in [-0.05, 0) is 75.1 Å². The molecule has 2 atom stereocenters. The van der Waals surface area contributed by atoms with Crippen LogP contribution < -0.4 is 4.90 Å². The van der Waals surface area contributed by atoms with Gasteiger partial charge in [-0.3, -0.25) is 9.38 Å².